The Morgan fingerprint density at radius 2 is 2.00 bits per heavy atom. The van der Waals surface area contributed by atoms with Crippen LogP contribution in [0.5, 0.6) is 0 Å². The van der Waals surface area contributed by atoms with E-state index in [1.54, 1.807) is 6.08 Å². The van der Waals surface area contributed by atoms with Crippen LogP contribution in [0.4, 0.5) is 0 Å². The molecule has 1 aliphatic carbocycles. The Kier molecular flexibility index (Phi) is 5.05. The van der Waals surface area contributed by atoms with E-state index in [0.29, 0.717) is 6.04 Å². The summed E-state index contributed by atoms with van der Waals surface area (Å²) < 4.78 is 0. The lowest BCUT2D eigenvalue weighted by Crippen LogP contribution is -2.22. The van der Waals surface area contributed by atoms with Crippen molar-refractivity contribution in [2.24, 2.45) is 0 Å². The standard InChI is InChI=1S/C12H19NO/c1-2-3-4-5-6-7-8-12(14)13-11-9-10-11/h3-4,7-8,11H,2,5-6,9-10H2,1H3,(H,13,14)/b4-3-,8-7+. The molecule has 0 atom stereocenters. The second kappa shape index (κ2) is 6.41. The summed E-state index contributed by atoms with van der Waals surface area (Å²) in [4.78, 5) is 11.2. The van der Waals surface area contributed by atoms with Crippen LogP contribution in [-0.2, 0) is 4.79 Å². The molecule has 78 valence electrons. The lowest BCUT2D eigenvalue weighted by atomic mass is 10.2. The van der Waals surface area contributed by atoms with Crippen molar-refractivity contribution >= 4 is 5.91 Å². The molecule has 14 heavy (non-hydrogen) atoms. The summed E-state index contributed by atoms with van der Waals surface area (Å²) in [5.74, 6) is 0.0620. The lowest BCUT2D eigenvalue weighted by Gasteiger charge is -1.95. The fraction of sp³-hybridized carbons (Fsp3) is 0.583. The molecule has 0 bridgehead atoms. The highest BCUT2D eigenvalue weighted by Crippen LogP contribution is 2.18. The largest absolute Gasteiger partial charge is 0.350 e. The van der Waals surface area contributed by atoms with Gasteiger partial charge in [-0.3, -0.25) is 4.79 Å². The maximum atomic E-state index is 11.2. The van der Waals surface area contributed by atoms with Gasteiger partial charge in [-0.1, -0.05) is 25.2 Å². The van der Waals surface area contributed by atoms with Gasteiger partial charge in [0.1, 0.15) is 0 Å². The van der Waals surface area contributed by atoms with Crippen molar-refractivity contribution in [1.29, 1.82) is 0 Å². The zero-order valence-electron chi connectivity index (χ0n) is 8.83. The highest BCUT2D eigenvalue weighted by atomic mass is 16.1. The number of carbonyl (C=O) groups is 1. The number of amides is 1. The third-order valence-corrected chi connectivity index (χ3v) is 2.10. The van der Waals surface area contributed by atoms with Gasteiger partial charge in [-0.25, -0.2) is 0 Å². The molecule has 1 amide bonds. The monoisotopic (exact) mass is 193 g/mol. The molecule has 1 N–H and O–H groups in total. The molecule has 2 nitrogen and oxygen atoms in total. The first-order valence-corrected chi connectivity index (χ1v) is 5.45. The summed E-state index contributed by atoms with van der Waals surface area (Å²) in [6, 6.07) is 0.465. The van der Waals surface area contributed by atoms with Crippen LogP contribution >= 0.6 is 0 Å². The quantitative estimate of drug-likeness (QED) is 0.392. The summed E-state index contributed by atoms with van der Waals surface area (Å²) >= 11 is 0. The molecular formula is C12H19NO. The van der Waals surface area contributed by atoms with Crippen LogP contribution in [-0.4, -0.2) is 11.9 Å². The maximum Gasteiger partial charge on any atom is 0.243 e. The molecule has 1 aliphatic rings. The molecule has 1 fully saturated rings. The molecule has 1 saturated carbocycles. The van der Waals surface area contributed by atoms with Crippen molar-refractivity contribution in [2.45, 2.75) is 45.1 Å². The fourth-order valence-electron chi connectivity index (χ4n) is 1.14. The summed E-state index contributed by atoms with van der Waals surface area (Å²) in [6.07, 6.45) is 13.3. The number of carbonyl (C=O) groups excluding carboxylic acids is 1. The van der Waals surface area contributed by atoms with Gasteiger partial charge in [0.25, 0.3) is 0 Å². The van der Waals surface area contributed by atoms with Crippen molar-refractivity contribution < 1.29 is 4.79 Å². The first-order chi connectivity index (χ1) is 6.83. The van der Waals surface area contributed by atoms with E-state index >= 15 is 0 Å². The van der Waals surface area contributed by atoms with Crippen LogP contribution in [0.1, 0.15) is 39.0 Å². The number of allylic oxidation sites excluding steroid dienone is 3. The first-order valence-electron chi connectivity index (χ1n) is 5.45. The Morgan fingerprint density at radius 1 is 1.29 bits per heavy atom. The Morgan fingerprint density at radius 3 is 2.64 bits per heavy atom. The number of unbranched alkanes of at least 4 members (excludes halogenated alkanes) is 1. The summed E-state index contributed by atoms with van der Waals surface area (Å²) in [7, 11) is 0. The molecule has 0 saturated heterocycles. The van der Waals surface area contributed by atoms with E-state index in [2.05, 4.69) is 24.4 Å². The zero-order chi connectivity index (χ0) is 10.2. The molecular weight excluding hydrogens is 174 g/mol. The molecule has 0 unspecified atom stereocenters. The molecule has 0 aromatic heterocycles. The minimum atomic E-state index is 0.0620. The highest BCUT2D eigenvalue weighted by molar-refractivity contribution is 5.87. The van der Waals surface area contributed by atoms with Gasteiger partial charge >= 0.3 is 0 Å². The molecule has 0 spiro atoms. The summed E-state index contributed by atoms with van der Waals surface area (Å²) in [5.41, 5.74) is 0. The second-order valence-corrected chi connectivity index (χ2v) is 3.64. The van der Waals surface area contributed by atoms with Gasteiger partial charge < -0.3 is 5.32 Å². The topological polar surface area (TPSA) is 29.1 Å². The SMILES string of the molecule is CC/C=C\CC/C=C/C(=O)NC1CC1. The fourth-order valence-corrected chi connectivity index (χ4v) is 1.14. The molecule has 0 aliphatic heterocycles. The molecule has 2 heteroatoms. The predicted octanol–water partition coefficient (Wildman–Crippen LogP) is 2.57. The lowest BCUT2D eigenvalue weighted by molar-refractivity contribution is -0.116. The van der Waals surface area contributed by atoms with Crippen molar-refractivity contribution in [3.05, 3.63) is 24.3 Å². The molecule has 0 aromatic rings. The normalized spacial score (nSPS) is 16.6. The predicted molar refractivity (Wildman–Crippen MR) is 59.0 cm³/mol. The Labute approximate surface area is 86.1 Å². The molecule has 0 aromatic carbocycles. The number of hydrogen-bond donors (Lipinski definition) is 1. The van der Waals surface area contributed by atoms with E-state index in [1.165, 1.54) is 0 Å². The average Bonchev–Trinajstić information content (AvgIpc) is 2.95. The van der Waals surface area contributed by atoms with Gasteiger partial charge in [0.05, 0.1) is 0 Å². The van der Waals surface area contributed by atoms with E-state index in [0.717, 1.165) is 32.1 Å². The van der Waals surface area contributed by atoms with Crippen LogP contribution in [0.25, 0.3) is 0 Å². The third kappa shape index (κ3) is 5.57. The van der Waals surface area contributed by atoms with Gasteiger partial charge in [0, 0.05) is 6.04 Å². The van der Waals surface area contributed by atoms with Gasteiger partial charge in [0.15, 0.2) is 0 Å². The van der Waals surface area contributed by atoms with Gasteiger partial charge in [-0.15, -0.1) is 0 Å². The van der Waals surface area contributed by atoms with Crippen molar-refractivity contribution in [1.82, 2.24) is 5.32 Å². The number of hydrogen-bond acceptors (Lipinski definition) is 1. The average molecular weight is 193 g/mol. The van der Waals surface area contributed by atoms with Crippen molar-refractivity contribution in [2.75, 3.05) is 0 Å². The molecule has 0 heterocycles. The van der Waals surface area contributed by atoms with Crippen LogP contribution in [0.3, 0.4) is 0 Å². The first kappa shape index (κ1) is 11.0. The Balaban J connectivity index is 2.00. The third-order valence-electron chi connectivity index (χ3n) is 2.10. The summed E-state index contributed by atoms with van der Waals surface area (Å²) in [6.45, 7) is 2.12. The minimum absolute atomic E-state index is 0.0620. The highest BCUT2D eigenvalue weighted by Gasteiger charge is 2.21. The van der Waals surface area contributed by atoms with Crippen LogP contribution in [0.2, 0.25) is 0 Å². The number of rotatable bonds is 6. The molecule has 0 radical (unpaired) electrons. The van der Waals surface area contributed by atoms with Crippen LogP contribution < -0.4 is 5.32 Å². The van der Waals surface area contributed by atoms with Gasteiger partial charge in [0.2, 0.25) is 5.91 Å². The van der Waals surface area contributed by atoms with E-state index in [9.17, 15) is 4.79 Å². The van der Waals surface area contributed by atoms with Gasteiger partial charge in [-0.05, 0) is 38.2 Å². The van der Waals surface area contributed by atoms with E-state index in [1.807, 2.05) is 6.08 Å². The zero-order valence-corrected chi connectivity index (χ0v) is 8.83. The van der Waals surface area contributed by atoms with Crippen molar-refractivity contribution in [3.8, 4) is 0 Å². The van der Waals surface area contributed by atoms with Crippen LogP contribution in [0.15, 0.2) is 24.3 Å². The molecule has 1 rings (SSSR count). The Hall–Kier alpha value is -1.05. The van der Waals surface area contributed by atoms with E-state index < -0.39 is 0 Å². The smallest absolute Gasteiger partial charge is 0.243 e. The van der Waals surface area contributed by atoms with E-state index in [4.69, 9.17) is 0 Å². The van der Waals surface area contributed by atoms with E-state index in [-0.39, 0.29) is 5.91 Å². The van der Waals surface area contributed by atoms with Gasteiger partial charge in [-0.2, -0.15) is 0 Å². The second-order valence-electron chi connectivity index (χ2n) is 3.64. The Bertz CT molecular complexity index is 226. The summed E-state index contributed by atoms with van der Waals surface area (Å²) in [5, 5.41) is 2.91. The minimum Gasteiger partial charge on any atom is -0.350 e. The maximum absolute atomic E-state index is 11.2. The van der Waals surface area contributed by atoms with Crippen LogP contribution in [0, 0.1) is 0 Å². The van der Waals surface area contributed by atoms with Crippen molar-refractivity contribution in [3.63, 3.8) is 0 Å². The number of nitrogens with one attached hydrogen (secondary N) is 1.